The quantitative estimate of drug-likeness (QED) is 0.824. The van der Waals surface area contributed by atoms with Crippen LogP contribution in [0, 0.1) is 5.82 Å². The third-order valence-electron chi connectivity index (χ3n) is 3.59. The zero-order valence-electron chi connectivity index (χ0n) is 10.5. The lowest BCUT2D eigenvalue weighted by Gasteiger charge is -2.24. The molecule has 2 heterocycles. The lowest BCUT2D eigenvalue weighted by molar-refractivity contribution is 0.0919. The Bertz CT molecular complexity index is 645. The van der Waals surface area contributed by atoms with E-state index in [1.54, 1.807) is 12.1 Å². The van der Waals surface area contributed by atoms with Crippen LogP contribution in [0.2, 0.25) is 0 Å². The van der Waals surface area contributed by atoms with Crippen molar-refractivity contribution in [2.75, 3.05) is 6.54 Å². The predicted octanol–water partition coefficient (Wildman–Crippen LogP) is 2.65. The molecule has 0 bridgehead atoms. The Morgan fingerprint density at radius 3 is 2.94 bits per heavy atom. The Kier molecular flexibility index (Phi) is 2.40. The monoisotopic (exact) mass is 246 g/mol. The summed E-state index contributed by atoms with van der Waals surface area (Å²) in [4.78, 5) is 11.9. The number of rotatable bonds is 1. The second-order valence-electron chi connectivity index (χ2n) is 4.81. The zero-order chi connectivity index (χ0) is 12.9. The lowest BCUT2D eigenvalue weighted by Crippen LogP contribution is -2.37. The highest BCUT2D eigenvalue weighted by molar-refractivity contribution is 6.00. The van der Waals surface area contributed by atoms with Crippen LogP contribution in [-0.4, -0.2) is 17.0 Å². The summed E-state index contributed by atoms with van der Waals surface area (Å²) < 4.78 is 15.6. The SMILES string of the molecule is CCc1cc(F)cc2cc3n(c12)C(C)CNC3=O. The molecule has 2 aromatic rings. The van der Waals surface area contributed by atoms with Crippen molar-refractivity contribution in [1.82, 2.24) is 9.88 Å². The second-order valence-corrected chi connectivity index (χ2v) is 4.81. The van der Waals surface area contributed by atoms with Crippen molar-refractivity contribution in [2.24, 2.45) is 0 Å². The van der Waals surface area contributed by atoms with E-state index in [9.17, 15) is 9.18 Å². The number of amides is 1. The topological polar surface area (TPSA) is 34.0 Å². The number of hydrogen-bond acceptors (Lipinski definition) is 1. The molecule has 0 radical (unpaired) electrons. The van der Waals surface area contributed by atoms with Gasteiger partial charge in [0.1, 0.15) is 11.5 Å². The van der Waals surface area contributed by atoms with Crippen LogP contribution >= 0.6 is 0 Å². The fourth-order valence-corrected chi connectivity index (χ4v) is 2.74. The van der Waals surface area contributed by atoms with Gasteiger partial charge >= 0.3 is 0 Å². The molecule has 1 aromatic carbocycles. The van der Waals surface area contributed by atoms with Crippen molar-refractivity contribution in [1.29, 1.82) is 0 Å². The summed E-state index contributed by atoms with van der Waals surface area (Å²) in [6.45, 7) is 4.68. The van der Waals surface area contributed by atoms with E-state index in [1.807, 2.05) is 11.5 Å². The molecule has 3 nitrogen and oxygen atoms in total. The van der Waals surface area contributed by atoms with E-state index in [0.717, 1.165) is 22.9 Å². The van der Waals surface area contributed by atoms with Gasteiger partial charge in [0.2, 0.25) is 0 Å². The zero-order valence-corrected chi connectivity index (χ0v) is 10.5. The predicted molar refractivity (Wildman–Crippen MR) is 68.3 cm³/mol. The number of nitrogens with zero attached hydrogens (tertiary/aromatic N) is 1. The molecule has 1 aromatic heterocycles. The van der Waals surface area contributed by atoms with Crippen LogP contribution in [0.4, 0.5) is 4.39 Å². The van der Waals surface area contributed by atoms with Crippen molar-refractivity contribution >= 4 is 16.8 Å². The van der Waals surface area contributed by atoms with Crippen LogP contribution in [0.15, 0.2) is 18.2 Å². The summed E-state index contributed by atoms with van der Waals surface area (Å²) in [7, 11) is 0. The summed E-state index contributed by atoms with van der Waals surface area (Å²) in [5.74, 6) is -0.317. The molecule has 1 aliphatic heterocycles. The van der Waals surface area contributed by atoms with Crippen molar-refractivity contribution in [3.05, 3.63) is 35.3 Å². The van der Waals surface area contributed by atoms with Crippen molar-refractivity contribution in [3.63, 3.8) is 0 Å². The van der Waals surface area contributed by atoms with Crippen molar-refractivity contribution in [3.8, 4) is 0 Å². The molecule has 0 saturated heterocycles. The van der Waals surface area contributed by atoms with Crippen LogP contribution < -0.4 is 5.32 Å². The van der Waals surface area contributed by atoms with Crippen LogP contribution in [0.25, 0.3) is 10.9 Å². The average Bonchev–Trinajstić information content (AvgIpc) is 2.73. The number of benzene rings is 1. The molecule has 1 amide bonds. The van der Waals surface area contributed by atoms with Crippen LogP contribution in [0.3, 0.4) is 0 Å². The smallest absolute Gasteiger partial charge is 0.268 e. The number of fused-ring (bicyclic) bond motifs is 3. The molecule has 1 atom stereocenters. The molecule has 0 saturated carbocycles. The third kappa shape index (κ3) is 1.45. The van der Waals surface area contributed by atoms with Gasteiger partial charge in [-0.15, -0.1) is 0 Å². The number of carbonyl (C=O) groups excluding carboxylic acids is 1. The number of hydrogen-bond donors (Lipinski definition) is 1. The van der Waals surface area contributed by atoms with E-state index >= 15 is 0 Å². The largest absolute Gasteiger partial charge is 0.349 e. The second kappa shape index (κ2) is 3.83. The van der Waals surface area contributed by atoms with Gasteiger partial charge in [-0.25, -0.2) is 4.39 Å². The Morgan fingerprint density at radius 2 is 2.22 bits per heavy atom. The maximum absolute atomic E-state index is 13.5. The Labute approximate surface area is 105 Å². The van der Waals surface area contributed by atoms with Gasteiger partial charge < -0.3 is 9.88 Å². The lowest BCUT2D eigenvalue weighted by atomic mass is 10.1. The van der Waals surface area contributed by atoms with Gasteiger partial charge in [-0.3, -0.25) is 4.79 Å². The molecule has 0 spiro atoms. The Morgan fingerprint density at radius 1 is 1.44 bits per heavy atom. The van der Waals surface area contributed by atoms with E-state index in [2.05, 4.69) is 12.2 Å². The number of aromatic nitrogens is 1. The van der Waals surface area contributed by atoms with Crippen LogP contribution in [0.1, 0.15) is 35.9 Å². The highest BCUT2D eigenvalue weighted by Gasteiger charge is 2.25. The minimum atomic E-state index is -0.240. The van der Waals surface area contributed by atoms with Gasteiger partial charge in [-0.1, -0.05) is 6.92 Å². The van der Waals surface area contributed by atoms with E-state index in [4.69, 9.17) is 0 Å². The molecule has 0 aliphatic carbocycles. The molecular formula is C14H15FN2O. The number of carbonyl (C=O) groups is 1. The van der Waals surface area contributed by atoms with E-state index < -0.39 is 0 Å². The van der Waals surface area contributed by atoms with Crippen LogP contribution in [-0.2, 0) is 6.42 Å². The highest BCUT2D eigenvalue weighted by atomic mass is 19.1. The Hall–Kier alpha value is -1.84. The van der Waals surface area contributed by atoms with Crippen LogP contribution in [0.5, 0.6) is 0 Å². The molecule has 4 heteroatoms. The first-order valence-corrected chi connectivity index (χ1v) is 6.23. The molecule has 18 heavy (non-hydrogen) atoms. The summed E-state index contributed by atoms with van der Waals surface area (Å²) in [5.41, 5.74) is 2.58. The van der Waals surface area contributed by atoms with Gasteiger partial charge in [0.25, 0.3) is 5.91 Å². The van der Waals surface area contributed by atoms with Gasteiger partial charge in [0.05, 0.1) is 5.52 Å². The normalized spacial score (nSPS) is 18.8. The minimum Gasteiger partial charge on any atom is -0.349 e. The number of aryl methyl sites for hydroxylation is 1. The average molecular weight is 246 g/mol. The standard InChI is InChI=1S/C14H15FN2O/c1-3-9-4-11(15)5-10-6-12-14(18)16-7-8(2)17(12)13(9)10/h4-6,8H,3,7H2,1-2H3,(H,16,18). The summed E-state index contributed by atoms with van der Waals surface area (Å²) in [6, 6.07) is 5.04. The maximum Gasteiger partial charge on any atom is 0.268 e. The molecule has 1 aliphatic rings. The molecular weight excluding hydrogens is 231 g/mol. The number of nitrogens with one attached hydrogen (secondary N) is 1. The number of halogens is 1. The van der Waals surface area contributed by atoms with Crippen molar-refractivity contribution < 1.29 is 9.18 Å². The maximum atomic E-state index is 13.5. The summed E-state index contributed by atoms with van der Waals surface area (Å²) in [5, 5.41) is 3.66. The fraction of sp³-hybridized carbons (Fsp3) is 0.357. The molecule has 94 valence electrons. The summed E-state index contributed by atoms with van der Waals surface area (Å²) in [6.07, 6.45) is 0.756. The van der Waals surface area contributed by atoms with Gasteiger partial charge in [-0.05, 0) is 37.1 Å². The molecule has 3 rings (SSSR count). The van der Waals surface area contributed by atoms with Crippen molar-refractivity contribution in [2.45, 2.75) is 26.3 Å². The highest BCUT2D eigenvalue weighted by Crippen LogP contribution is 2.30. The first-order valence-electron chi connectivity index (χ1n) is 6.23. The first kappa shape index (κ1) is 11.3. The minimum absolute atomic E-state index is 0.0771. The van der Waals surface area contributed by atoms with Gasteiger partial charge in [0.15, 0.2) is 0 Å². The van der Waals surface area contributed by atoms with E-state index in [-0.39, 0.29) is 17.8 Å². The first-order chi connectivity index (χ1) is 8.61. The third-order valence-corrected chi connectivity index (χ3v) is 3.59. The van der Waals surface area contributed by atoms with Gasteiger partial charge in [-0.2, -0.15) is 0 Å². The summed E-state index contributed by atoms with van der Waals surface area (Å²) >= 11 is 0. The van der Waals surface area contributed by atoms with Gasteiger partial charge in [0, 0.05) is 18.0 Å². The van der Waals surface area contributed by atoms with E-state index in [1.165, 1.54) is 6.07 Å². The fourth-order valence-electron chi connectivity index (χ4n) is 2.74. The molecule has 1 N–H and O–H groups in total. The molecule has 0 fully saturated rings. The van der Waals surface area contributed by atoms with E-state index in [0.29, 0.717) is 12.2 Å². The Balaban J connectivity index is 2.41. The molecule has 1 unspecified atom stereocenters.